The summed E-state index contributed by atoms with van der Waals surface area (Å²) in [6.07, 6.45) is 0.800. The lowest BCUT2D eigenvalue weighted by Gasteiger charge is -2.15. The van der Waals surface area contributed by atoms with Gasteiger partial charge < -0.3 is 0 Å². The molecule has 92 valence electrons. The van der Waals surface area contributed by atoms with Crippen molar-refractivity contribution in [2.75, 3.05) is 0 Å². The molecule has 0 amide bonds. The number of nitrogens with zero attached hydrogens (tertiary/aromatic N) is 1. The maximum atomic E-state index is 11.2. The second kappa shape index (κ2) is 5.08. The van der Waals surface area contributed by atoms with Crippen molar-refractivity contribution < 1.29 is 9.72 Å². The molecule has 0 bridgehead atoms. The van der Waals surface area contributed by atoms with E-state index >= 15 is 0 Å². The molecule has 1 rings (SSSR count). The minimum Gasteiger partial charge on any atom is -0.298 e. The summed E-state index contributed by atoms with van der Waals surface area (Å²) < 4.78 is 0. The highest BCUT2D eigenvalue weighted by atomic mass is 16.6. The van der Waals surface area contributed by atoms with Crippen LogP contribution >= 0.6 is 0 Å². The minimum absolute atomic E-state index is 0.0583. The molecule has 0 spiro atoms. The Kier molecular flexibility index (Phi) is 3.99. The van der Waals surface area contributed by atoms with E-state index in [0.717, 1.165) is 17.4 Å². The van der Waals surface area contributed by atoms with E-state index in [2.05, 4.69) is 0 Å². The Morgan fingerprint density at radius 1 is 1.12 bits per heavy atom. The zero-order chi connectivity index (χ0) is 13.2. The van der Waals surface area contributed by atoms with Gasteiger partial charge in [-0.15, -0.1) is 0 Å². The molecule has 0 unspecified atom stereocenters. The van der Waals surface area contributed by atoms with E-state index in [0.29, 0.717) is 5.56 Å². The third-order valence-corrected chi connectivity index (χ3v) is 2.80. The first-order chi connectivity index (χ1) is 7.88. The van der Waals surface area contributed by atoms with E-state index in [1.54, 1.807) is 0 Å². The van der Waals surface area contributed by atoms with E-state index < -0.39 is 4.92 Å². The van der Waals surface area contributed by atoms with Gasteiger partial charge in [-0.2, -0.15) is 0 Å². The number of carbonyl (C=O) groups excluding carboxylic acids is 1. The van der Waals surface area contributed by atoms with Gasteiger partial charge in [-0.25, -0.2) is 0 Å². The van der Waals surface area contributed by atoms with Crippen LogP contribution in [0, 0.1) is 10.1 Å². The van der Waals surface area contributed by atoms with Crippen LogP contribution in [0.1, 0.15) is 61.0 Å². The van der Waals surface area contributed by atoms with Crippen LogP contribution in [0.15, 0.2) is 12.1 Å². The van der Waals surface area contributed by atoms with Crippen LogP contribution in [-0.2, 0) is 0 Å². The molecule has 4 heteroatoms. The molecular formula is C13H17NO3. The lowest BCUT2D eigenvalue weighted by atomic mass is 9.89. The monoisotopic (exact) mass is 235 g/mol. The van der Waals surface area contributed by atoms with Crippen molar-refractivity contribution in [3.63, 3.8) is 0 Å². The van der Waals surface area contributed by atoms with Crippen molar-refractivity contribution in [2.24, 2.45) is 0 Å². The summed E-state index contributed by atoms with van der Waals surface area (Å²) in [6.45, 7) is 7.71. The molecular weight excluding hydrogens is 218 g/mol. The second-order valence-corrected chi connectivity index (χ2v) is 4.72. The van der Waals surface area contributed by atoms with Gasteiger partial charge in [0.2, 0.25) is 0 Å². The first kappa shape index (κ1) is 13.4. The fourth-order valence-electron chi connectivity index (χ4n) is 1.88. The lowest BCUT2D eigenvalue weighted by molar-refractivity contribution is -0.385. The van der Waals surface area contributed by atoms with Crippen molar-refractivity contribution in [3.8, 4) is 0 Å². The Hall–Kier alpha value is -1.71. The summed E-state index contributed by atoms with van der Waals surface area (Å²) >= 11 is 0. The standard InChI is InChI=1S/C13H17NO3/c1-8(2)11-5-10(14(16)17)6-12(9(3)4)13(11)7-15/h5-9H,1-4H3. The Morgan fingerprint density at radius 2 is 1.53 bits per heavy atom. The van der Waals surface area contributed by atoms with Crippen LogP contribution in [0.25, 0.3) is 0 Å². The third-order valence-electron chi connectivity index (χ3n) is 2.80. The quantitative estimate of drug-likeness (QED) is 0.454. The summed E-state index contributed by atoms with van der Waals surface area (Å²) in [4.78, 5) is 21.6. The van der Waals surface area contributed by atoms with Gasteiger partial charge >= 0.3 is 0 Å². The van der Waals surface area contributed by atoms with Crippen LogP contribution in [0.4, 0.5) is 5.69 Å². The number of nitro groups is 1. The number of nitro benzene ring substituents is 1. The number of carbonyl (C=O) groups is 1. The predicted molar refractivity (Wildman–Crippen MR) is 66.7 cm³/mol. The smallest absolute Gasteiger partial charge is 0.270 e. The van der Waals surface area contributed by atoms with Gasteiger partial charge in [-0.05, 0) is 23.0 Å². The van der Waals surface area contributed by atoms with Gasteiger partial charge in [-0.1, -0.05) is 27.7 Å². The highest BCUT2D eigenvalue weighted by Gasteiger charge is 2.19. The molecule has 0 aliphatic carbocycles. The molecule has 0 atom stereocenters. The molecule has 0 aromatic heterocycles. The molecule has 0 N–H and O–H groups in total. The number of hydrogen-bond acceptors (Lipinski definition) is 3. The van der Waals surface area contributed by atoms with Crippen molar-refractivity contribution in [2.45, 2.75) is 39.5 Å². The second-order valence-electron chi connectivity index (χ2n) is 4.72. The molecule has 1 aromatic rings. The van der Waals surface area contributed by atoms with Gasteiger partial charge in [0.1, 0.15) is 0 Å². The molecule has 0 aliphatic rings. The normalized spacial score (nSPS) is 10.9. The average Bonchev–Trinajstić information content (AvgIpc) is 2.26. The highest BCUT2D eigenvalue weighted by molar-refractivity contribution is 5.81. The summed E-state index contributed by atoms with van der Waals surface area (Å²) in [6, 6.07) is 3.00. The predicted octanol–water partition coefficient (Wildman–Crippen LogP) is 3.65. The molecule has 4 nitrogen and oxygen atoms in total. The van der Waals surface area contributed by atoms with Crippen molar-refractivity contribution in [3.05, 3.63) is 38.9 Å². The SMILES string of the molecule is CC(C)c1cc([N+](=O)[O-])cc(C(C)C)c1C=O. The molecule has 17 heavy (non-hydrogen) atoms. The third kappa shape index (κ3) is 2.70. The summed E-state index contributed by atoms with van der Waals surface area (Å²) in [5, 5.41) is 10.9. The largest absolute Gasteiger partial charge is 0.298 e. The number of benzene rings is 1. The van der Waals surface area contributed by atoms with Crippen LogP contribution < -0.4 is 0 Å². The first-order valence-electron chi connectivity index (χ1n) is 5.65. The number of non-ortho nitro benzene ring substituents is 1. The van der Waals surface area contributed by atoms with E-state index in [4.69, 9.17) is 0 Å². The molecule has 0 saturated carbocycles. The molecule has 0 aliphatic heterocycles. The maximum absolute atomic E-state index is 11.2. The van der Waals surface area contributed by atoms with E-state index in [1.165, 1.54) is 12.1 Å². The molecule has 0 heterocycles. The van der Waals surface area contributed by atoms with Crippen molar-refractivity contribution >= 4 is 12.0 Å². The summed E-state index contributed by atoms with van der Waals surface area (Å²) in [7, 11) is 0. The summed E-state index contributed by atoms with van der Waals surface area (Å²) in [5.74, 6) is 0.181. The van der Waals surface area contributed by atoms with Crippen molar-refractivity contribution in [1.29, 1.82) is 0 Å². The maximum Gasteiger partial charge on any atom is 0.270 e. The van der Waals surface area contributed by atoms with Gasteiger partial charge in [0.15, 0.2) is 6.29 Å². The molecule has 1 aromatic carbocycles. The zero-order valence-electron chi connectivity index (χ0n) is 10.6. The molecule has 0 radical (unpaired) electrons. The topological polar surface area (TPSA) is 60.2 Å². The number of hydrogen-bond donors (Lipinski definition) is 0. The van der Waals surface area contributed by atoms with Gasteiger partial charge in [0.25, 0.3) is 5.69 Å². The van der Waals surface area contributed by atoms with Crippen LogP contribution in [0.2, 0.25) is 0 Å². The molecule has 0 saturated heterocycles. The minimum atomic E-state index is -0.410. The Bertz CT molecular complexity index is 421. The van der Waals surface area contributed by atoms with Gasteiger partial charge in [0.05, 0.1) is 4.92 Å². The number of aldehydes is 1. The Labute approximate surface area is 101 Å². The highest BCUT2D eigenvalue weighted by Crippen LogP contribution is 2.31. The van der Waals surface area contributed by atoms with E-state index in [9.17, 15) is 14.9 Å². The van der Waals surface area contributed by atoms with E-state index in [-0.39, 0.29) is 17.5 Å². The van der Waals surface area contributed by atoms with Crippen LogP contribution in [0.5, 0.6) is 0 Å². The average molecular weight is 235 g/mol. The Balaban J connectivity index is 3.57. The zero-order valence-corrected chi connectivity index (χ0v) is 10.6. The molecule has 0 fully saturated rings. The van der Waals surface area contributed by atoms with E-state index in [1.807, 2.05) is 27.7 Å². The van der Waals surface area contributed by atoms with Crippen molar-refractivity contribution in [1.82, 2.24) is 0 Å². The fourth-order valence-corrected chi connectivity index (χ4v) is 1.88. The van der Waals surface area contributed by atoms with Gasteiger partial charge in [0, 0.05) is 17.7 Å². The number of rotatable bonds is 4. The lowest BCUT2D eigenvalue weighted by Crippen LogP contribution is -2.04. The summed E-state index contributed by atoms with van der Waals surface area (Å²) in [5.41, 5.74) is 2.15. The van der Waals surface area contributed by atoms with Crippen LogP contribution in [0.3, 0.4) is 0 Å². The fraction of sp³-hybridized carbons (Fsp3) is 0.462. The van der Waals surface area contributed by atoms with Crippen LogP contribution in [-0.4, -0.2) is 11.2 Å². The van der Waals surface area contributed by atoms with Gasteiger partial charge in [-0.3, -0.25) is 14.9 Å². The Morgan fingerprint density at radius 3 is 1.76 bits per heavy atom. The first-order valence-corrected chi connectivity index (χ1v) is 5.65.